The molecule has 0 saturated carbocycles. The summed E-state index contributed by atoms with van der Waals surface area (Å²) in [5.74, 6) is -0.494. The van der Waals surface area contributed by atoms with Crippen molar-refractivity contribution < 1.29 is 14.0 Å². The molecular formula is C20H25FN4O2. The standard InChI is InChI=1S/C20H25FN4O2/c1-15(25-11-5-9-22-25)20(27)23(2)14-19(26)24-10-4-8-18(24)13-16-6-3-7-17(21)12-16/h3,5-7,9,11-12,15,18H,4,8,10,13-14H2,1-2H3/t15-,18+/m0/s1. The Bertz CT molecular complexity index is 793. The number of amides is 2. The van der Waals surface area contributed by atoms with E-state index >= 15 is 0 Å². The minimum Gasteiger partial charge on any atom is -0.338 e. The first kappa shape index (κ1) is 19.1. The van der Waals surface area contributed by atoms with Gasteiger partial charge in [-0.3, -0.25) is 14.3 Å². The molecule has 1 aromatic carbocycles. The van der Waals surface area contributed by atoms with Crippen molar-refractivity contribution in [3.05, 3.63) is 54.1 Å². The molecule has 1 fully saturated rings. The maximum atomic E-state index is 13.4. The lowest BCUT2D eigenvalue weighted by Crippen LogP contribution is -2.45. The first-order chi connectivity index (χ1) is 13.0. The Morgan fingerprint density at radius 3 is 2.89 bits per heavy atom. The third kappa shape index (κ3) is 4.53. The van der Waals surface area contributed by atoms with Gasteiger partial charge in [0, 0.05) is 32.0 Å². The quantitative estimate of drug-likeness (QED) is 0.782. The molecule has 0 N–H and O–H groups in total. The van der Waals surface area contributed by atoms with E-state index < -0.39 is 6.04 Å². The molecule has 1 saturated heterocycles. The molecular weight excluding hydrogens is 347 g/mol. The lowest BCUT2D eigenvalue weighted by atomic mass is 10.0. The van der Waals surface area contributed by atoms with Crippen LogP contribution >= 0.6 is 0 Å². The summed E-state index contributed by atoms with van der Waals surface area (Å²) < 4.78 is 15.0. The third-order valence-corrected chi connectivity index (χ3v) is 5.09. The maximum Gasteiger partial charge on any atom is 0.247 e. The van der Waals surface area contributed by atoms with E-state index in [1.54, 1.807) is 43.2 Å². The van der Waals surface area contributed by atoms with E-state index in [4.69, 9.17) is 0 Å². The SMILES string of the molecule is C[C@@H](C(=O)N(C)CC(=O)N1CCC[C@@H]1Cc1cccc(F)c1)n1cccn1. The van der Waals surface area contributed by atoms with Gasteiger partial charge in [-0.15, -0.1) is 0 Å². The minimum absolute atomic E-state index is 0.0318. The number of likely N-dealkylation sites (tertiary alicyclic amines) is 1. The van der Waals surface area contributed by atoms with Crippen LogP contribution in [0.15, 0.2) is 42.7 Å². The molecule has 3 rings (SSSR count). The predicted octanol–water partition coefficient (Wildman–Crippen LogP) is 2.28. The fraction of sp³-hybridized carbons (Fsp3) is 0.450. The van der Waals surface area contributed by atoms with Crippen LogP contribution in [0.4, 0.5) is 4.39 Å². The van der Waals surface area contributed by atoms with Crippen molar-refractivity contribution in [3.63, 3.8) is 0 Å². The van der Waals surface area contributed by atoms with Crippen molar-refractivity contribution in [2.24, 2.45) is 0 Å². The van der Waals surface area contributed by atoms with Crippen LogP contribution in [0.25, 0.3) is 0 Å². The second-order valence-corrected chi connectivity index (χ2v) is 7.07. The summed E-state index contributed by atoms with van der Waals surface area (Å²) in [7, 11) is 1.64. The molecule has 1 aliphatic rings. The normalized spacial score (nSPS) is 17.7. The molecule has 2 heterocycles. The first-order valence-corrected chi connectivity index (χ1v) is 9.23. The van der Waals surface area contributed by atoms with Crippen LogP contribution in [0.2, 0.25) is 0 Å². The number of nitrogens with zero attached hydrogens (tertiary/aromatic N) is 4. The highest BCUT2D eigenvalue weighted by molar-refractivity contribution is 5.86. The summed E-state index contributed by atoms with van der Waals surface area (Å²) in [6, 6.07) is 7.85. The fourth-order valence-corrected chi connectivity index (χ4v) is 3.63. The highest BCUT2D eigenvalue weighted by atomic mass is 19.1. The minimum atomic E-state index is -0.459. The molecule has 0 bridgehead atoms. The van der Waals surface area contributed by atoms with Gasteiger partial charge in [0.1, 0.15) is 11.9 Å². The molecule has 7 heteroatoms. The highest BCUT2D eigenvalue weighted by Gasteiger charge is 2.30. The Hall–Kier alpha value is -2.70. The van der Waals surface area contributed by atoms with Gasteiger partial charge >= 0.3 is 0 Å². The number of halogens is 1. The summed E-state index contributed by atoms with van der Waals surface area (Å²) in [6.07, 6.45) is 5.80. The predicted molar refractivity (Wildman–Crippen MR) is 99.4 cm³/mol. The zero-order valence-electron chi connectivity index (χ0n) is 15.7. The summed E-state index contributed by atoms with van der Waals surface area (Å²) in [6.45, 7) is 2.47. The van der Waals surface area contributed by atoms with Crippen LogP contribution in [0.3, 0.4) is 0 Å². The molecule has 1 aliphatic heterocycles. The molecule has 0 spiro atoms. The number of carbonyl (C=O) groups excluding carboxylic acids is 2. The highest BCUT2D eigenvalue weighted by Crippen LogP contribution is 2.22. The molecule has 6 nitrogen and oxygen atoms in total. The van der Waals surface area contributed by atoms with Crippen molar-refractivity contribution in [1.82, 2.24) is 19.6 Å². The van der Waals surface area contributed by atoms with E-state index in [2.05, 4.69) is 5.10 Å². The van der Waals surface area contributed by atoms with Crippen molar-refractivity contribution in [3.8, 4) is 0 Å². The van der Waals surface area contributed by atoms with Gasteiger partial charge in [-0.1, -0.05) is 12.1 Å². The lowest BCUT2D eigenvalue weighted by molar-refractivity contribution is -0.141. The van der Waals surface area contributed by atoms with Crippen LogP contribution < -0.4 is 0 Å². The molecule has 0 unspecified atom stereocenters. The topological polar surface area (TPSA) is 58.4 Å². The number of carbonyl (C=O) groups is 2. The number of benzene rings is 1. The molecule has 27 heavy (non-hydrogen) atoms. The van der Waals surface area contributed by atoms with Crippen LogP contribution in [0.1, 0.15) is 31.4 Å². The van der Waals surface area contributed by atoms with Crippen LogP contribution in [-0.4, -0.2) is 57.6 Å². The molecule has 2 aromatic rings. The zero-order valence-corrected chi connectivity index (χ0v) is 15.7. The van der Waals surface area contributed by atoms with Gasteiger partial charge in [0.2, 0.25) is 11.8 Å². The van der Waals surface area contributed by atoms with Gasteiger partial charge in [0.15, 0.2) is 0 Å². The molecule has 0 aliphatic carbocycles. The summed E-state index contributed by atoms with van der Waals surface area (Å²) in [5, 5.41) is 4.09. The first-order valence-electron chi connectivity index (χ1n) is 9.23. The Morgan fingerprint density at radius 1 is 1.37 bits per heavy atom. The monoisotopic (exact) mass is 372 g/mol. The van der Waals surface area contributed by atoms with E-state index in [0.717, 1.165) is 18.4 Å². The number of likely N-dealkylation sites (N-methyl/N-ethyl adjacent to an activating group) is 1. The van der Waals surface area contributed by atoms with Crippen LogP contribution in [-0.2, 0) is 16.0 Å². The lowest BCUT2D eigenvalue weighted by Gasteiger charge is -2.28. The smallest absolute Gasteiger partial charge is 0.247 e. The zero-order chi connectivity index (χ0) is 19.4. The Morgan fingerprint density at radius 2 is 2.19 bits per heavy atom. The third-order valence-electron chi connectivity index (χ3n) is 5.09. The van der Waals surface area contributed by atoms with Crippen LogP contribution in [0.5, 0.6) is 0 Å². The van der Waals surface area contributed by atoms with Gasteiger partial charge in [0.05, 0.1) is 6.54 Å². The average Bonchev–Trinajstić information content (AvgIpc) is 3.32. The fourth-order valence-electron chi connectivity index (χ4n) is 3.63. The Labute approximate surface area is 158 Å². The summed E-state index contributed by atoms with van der Waals surface area (Å²) >= 11 is 0. The van der Waals surface area contributed by atoms with E-state index in [0.29, 0.717) is 13.0 Å². The summed E-state index contributed by atoms with van der Waals surface area (Å²) in [4.78, 5) is 28.6. The van der Waals surface area contributed by atoms with Gasteiger partial charge in [-0.2, -0.15) is 5.10 Å². The van der Waals surface area contributed by atoms with Crippen molar-refractivity contribution in [2.75, 3.05) is 20.1 Å². The van der Waals surface area contributed by atoms with Gasteiger partial charge < -0.3 is 9.80 Å². The van der Waals surface area contributed by atoms with E-state index in [9.17, 15) is 14.0 Å². The Kier molecular flexibility index (Phi) is 5.88. The van der Waals surface area contributed by atoms with E-state index in [1.165, 1.54) is 17.0 Å². The van der Waals surface area contributed by atoms with Crippen LogP contribution in [0, 0.1) is 5.82 Å². The molecule has 2 amide bonds. The van der Waals surface area contributed by atoms with E-state index in [-0.39, 0.29) is 30.2 Å². The number of hydrogen-bond donors (Lipinski definition) is 0. The number of rotatable bonds is 6. The molecule has 1 aromatic heterocycles. The molecule has 2 atom stereocenters. The van der Waals surface area contributed by atoms with Crippen molar-refractivity contribution >= 4 is 11.8 Å². The second kappa shape index (κ2) is 8.33. The van der Waals surface area contributed by atoms with Gasteiger partial charge in [-0.25, -0.2) is 4.39 Å². The maximum absolute atomic E-state index is 13.4. The summed E-state index contributed by atoms with van der Waals surface area (Å²) in [5.41, 5.74) is 0.886. The van der Waals surface area contributed by atoms with Crippen molar-refractivity contribution in [1.29, 1.82) is 0 Å². The van der Waals surface area contributed by atoms with E-state index in [1.807, 2.05) is 11.0 Å². The van der Waals surface area contributed by atoms with Crippen molar-refractivity contribution in [2.45, 2.75) is 38.3 Å². The molecule has 144 valence electrons. The molecule has 0 radical (unpaired) electrons. The van der Waals surface area contributed by atoms with Gasteiger partial charge in [0.25, 0.3) is 0 Å². The number of aromatic nitrogens is 2. The second-order valence-electron chi connectivity index (χ2n) is 7.07. The largest absolute Gasteiger partial charge is 0.338 e. The van der Waals surface area contributed by atoms with Gasteiger partial charge in [-0.05, 0) is 49.9 Å². The Balaban J connectivity index is 1.59. The number of hydrogen-bond acceptors (Lipinski definition) is 3. The average molecular weight is 372 g/mol.